The van der Waals surface area contributed by atoms with Gasteiger partial charge in [-0.3, -0.25) is 9.59 Å². The number of nitrogens with one attached hydrogen (secondary N) is 1. The number of nitrogens with two attached hydrogens (primary N) is 1. The number of hydrogen-bond donors (Lipinski definition) is 2. The van der Waals surface area contributed by atoms with Crippen LogP contribution in [0.2, 0.25) is 0 Å². The minimum absolute atomic E-state index is 0.0439. The Kier molecular flexibility index (Phi) is 11.9. The summed E-state index contributed by atoms with van der Waals surface area (Å²) in [5.41, 5.74) is 7.96. The van der Waals surface area contributed by atoms with Gasteiger partial charge in [-0.2, -0.15) is 13.2 Å². The van der Waals surface area contributed by atoms with Gasteiger partial charge in [0.05, 0.1) is 17.8 Å². The van der Waals surface area contributed by atoms with Crippen molar-refractivity contribution in [1.82, 2.24) is 10.2 Å². The number of ether oxygens (including phenoxy) is 3. The minimum atomic E-state index is -4.51. The van der Waals surface area contributed by atoms with Gasteiger partial charge in [-0.05, 0) is 76.3 Å². The van der Waals surface area contributed by atoms with E-state index in [-0.39, 0.29) is 30.6 Å². The zero-order valence-electron chi connectivity index (χ0n) is 26.5. The van der Waals surface area contributed by atoms with Crippen molar-refractivity contribution < 1.29 is 41.8 Å². The van der Waals surface area contributed by atoms with Crippen molar-refractivity contribution in [3.8, 4) is 11.5 Å². The topological polar surface area (TPSA) is 123 Å². The molecule has 0 aromatic heterocycles. The third-order valence-corrected chi connectivity index (χ3v) is 7.11. The van der Waals surface area contributed by atoms with Gasteiger partial charge >= 0.3 is 12.3 Å². The predicted molar refractivity (Wildman–Crippen MR) is 164 cm³/mol. The van der Waals surface area contributed by atoms with Gasteiger partial charge in [0.2, 0.25) is 5.91 Å². The Morgan fingerprint density at radius 1 is 1.09 bits per heavy atom. The van der Waals surface area contributed by atoms with Crippen LogP contribution in [0.3, 0.4) is 0 Å². The van der Waals surface area contributed by atoms with E-state index in [4.69, 9.17) is 19.9 Å². The normalized spacial score (nSPS) is 13.6. The summed E-state index contributed by atoms with van der Waals surface area (Å²) in [5.74, 6) is -0.565. The molecule has 1 aliphatic rings. The number of para-hydroxylation sites is 2. The number of hydrogen-bond acceptors (Lipinski definition) is 7. The number of nitrogens with zero attached hydrogens (tertiary/aromatic N) is 2. The van der Waals surface area contributed by atoms with Crippen LogP contribution in [0.15, 0.2) is 36.4 Å². The van der Waals surface area contributed by atoms with Crippen LogP contribution in [0.25, 0.3) is 0 Å². The number of carbonyl (C=O) groups is 3. The highest BCUT2D eigenvalue weighted by molar-refractivity contribution is 6.00. The van der Waals surface area contributed by atoms with Crippen LogP contribution in [-0.2, 0) is 22.4 Å². The van der Waals surface area contributed by atoms with Gasteiger partial charge in [0.25, 0.3) is 5.91 Å². The summed E-state index contributed by atoms with van der Waals surface area (Å²) in [5, 5.41) is 2.61. The maximum absolute atomic E-state index is 13.3. The average molecular weight is 637 g/mol. The lowest BCUT2D eigenvalue weighted by Crippen LogP contribution is -2.45. The van der Waals surface area contributed by atoms with Crippen molar-refractivity contribution in [2.24, 2.45) is 5.73 Å². The molecule has 0 bridgehead atoms. The molecule has 1 heterocycles. The Balaban J connectivity index is 1.76. The molecule has 0 aliphatic carbocycles. The van der Waals surface area contributed by atoms with Gasteiger partial charge < -0.3 is 35.1 Å². The summed E-state index contributed by atoms with van der Waals surface area (Å²) in [7, 11) is 1.59. The molecule has 1 atom stereocenters. The highest BCUT2D eigenvalue weighted by atomic mass is 19.4. The van der Waals surface area contributed by atoms with Crippen molar-refractivity contribution in [3.05, 3.63) is 53.1 Å². The van der Waals surface area contributed by atoms with Crippen molar-refractivity contribution >= 4 is 23.6 Å². The van der Waals surface area contributed by atoms with Gasteiger partial charge in [-0.1, -0.05) is 18.2 Å². The monoisotopic (exact) mass is 636 g/mol. The van der Waals surface area contributed by atoms with Gasteiger partial charge in [0.15, 0.2) is 18.1 Å². The second kappa shape index (κ2) is 15.2. The zero-order valence-corrected chi connectivity index (χ0v) is 26.5. The second-order valence-electron chi connectivity index (χ2n) is 12.0. The van der Waals surface area contributed by atoms with Crippen molar-refractivity contribution in [2.75, 3.05) is 44.8 Å². The summed E-state index contributed by atoms with van der Waals surface area (Å²) in [4.78, 5) is 41.0. The largest absolute Gasteiger partial charge is 0.488 e. The van der Waals surface area contributed by atoms with Gasteiger partial charge in [-0.25, -0.2) is 4.79 Å². The molecular weight excluding hydrogens is 593 g/mol. The lowest BCUT2D eigenvalue weighted by Gasteiger charge is -2.32. The molecule has 45 heavy (non-hydrogen) atoms. The number of amides is 3. The lowest BCUT2D eigenvalue weighted by atomic mass is 9.97. The highest BCUT2D eigenvalue weighted by Gasteiger charge is 2.30. The Morgan fingerprint density at radius 2 is 1.76 bits per heavy atom. The fourth-order valence-corrected chi connectivity index (χ4v) is 5.14. The number of fused-ring (bicyclic) bond motifs is 1. The third kappa shape index (κ3) is 10.8. The minimum Gasteiger partial charge on any atom is -0.488 e. The van der Waals surface area contributed by atoms with E-state index in [0.717, 1.165) is 16.8 Å². The molecule has 2 aromatic carbocycles. The standard InChI is InChI=1S/C32H43F3N4O6/c1-21(17-22-18-23-12-14-38(13-8-11-27(40)37-5)28(23)24(19-22)29(36)41)39(30(42)45-31(2,3)4)15-16-43-25-9-6-7-10-26(25)44-20-32(33,34)35/h6-7,9-10,18-19,21H,8,11-17,20H2,1-5H3,(H2,36,41)(H,37,40). The van der Waals surface area contributed by atoms with Crippen LogP contribution in [0.4, 0.5) is 23.7 Å². The highest BCUT2D eigenvalue weighted by Crippen LogP contribution is 2.34. The first kappa shape index (κ1) is 35.3. The summed E-state index contributed by atoms with van der Waals surface area (Å²) < 4.78 is 54.4. The van der Waals surface area contributed by atoms with E-state index in [0.29, 0.717) is 44.3 Å². The maximum Gasteiger partial charge on any atom is 0.422 e. The number of carbonyl (C=O) groups excluding carboxylic acids is 3. The van der Waals surface area contributed by atoms with Gasteiger partial charge in [0.1, 0.15) is 12.2 Å². The van der Waals surface area contributed by atoms with Crippen LogP contribution in [0.1, 0.15) is 62.0 Å². The number of anilines is 1. The molecule has 0 radical (unpaired) electrons. The molecule has 3 rings (SSSR count). The molecule has 1 aliphatic heterocycles. The van der Waals surface area contributed by atoms with Crippen LogP contribution in [0.5, 0.6) is 11.5 Å². The van der Waals surface area contributed by atoms with E-state index in [9.17, 15) is 27.6 Å². The molecule has 1 unspecified atom stereocenters. The van der Waals surface area contributed by atoms with E-state index >= 15 is 0 Å². The van der Waals surface area contributed by atoms with Gasteiger partial charge in [0, 0.05) is 32.6 Å². The molecule has 248 valence electrons. The Morgan fingerprint density at radius 3 is 2.36 bits per heavy atom. The number of halogens is 3. The Labute approximate surface area is 262 Å². The molecule has 0 saturated carbocycles. The maximum atomic E-state index is 13.3. The quantitative estimate of drug-likeness (QED) is 0.304. The van der Waals surface area contributed by atoms with Crippen molar-refractivity contribution in [3.63, 3.8) is 0 Å². The summed E-state index contributed by atoms with van der Waals surface area (Å²) in [6.45, 7) is 6.94. The SMILES string of the molecule is CNC(=O)CCCN1CCc2cc(CC(C)N(CCOc3ccccc3OCC(F)(F)F)C(=O)OC(C)(C)C)cc(C(N)=O)c21. The smallest absolute Gasteiger partial charge is 0.422 e. The number of rotatable bonds is 14. The molecule has 0 saturated heterocycles. The predicted octanol–water partition coefficient (Wildman–Crippen LogP) is 4.86. The Bertz CT molecular complexity index is 1350. The molecule has 0 spiro atoms. The van der Waals surface area contributed by atoms with Crippen molar-refractivity contribution in [1.29, 1.82) is 0 Å². The fraction of sp³-hybridized carbons (Fsp3) is 0.531. The van der Waals surface area contributed by atoms with E-state index in [1.807, 2.05) is 13.0 Å². The molecule has 0 fully saturated rings. The zero-order chi connectivity index (χ0) is 33.4. The van der Waals surface area contributed by atoms with E-state index in [1.165, 1.54) is 23.1 Å². The van der Waals surface area contributed by atoms with Crippen LogP contribution in [0, 0.1) is 0 Å². The molecule has 3 N–H and O–H groups in total. The van der Waals surface area contributed by atoms with Crippen molar-refractivity contribution in [2.45, 2.75) is 71.2 Å². The summed E-state index contributed by atoms with van der Waals surface area (Å²) in [6, 6.07) is 9.35. The summed E-state index contributed by atoms with van der Waals surface area (Å²) >= 11 is 0. The lowest BCUT2D eigenvalue weighted by molar-refractivity contribution is -0.153. The van der Waals surface area contributed by atoms with E-state index in [1.54, 1.807) is 40.0 Å². The van der Waals surface area contributed by atoms with E-state index < -0.39 is 36.4 Å². The first-order valence-electron chi connectivity index (χ1n) is 14.9. The van der Waals surface area contributed by atoms with Crippen LogP contribution in [-0.4, -0.2) is 80.5 Å². The first-order valence-corrected chi connectivity index (χ1v) is 14.9. The van der Waals surface area contributed by atoms with Gasteiger partial charge in [-0.15, -0.1) is 0 Å². The fourth-order valence-electron chi connectivity index (χ4n) is 5.14. The first-order chi connectivity index (χ1) is 21.1. The molecule has 2 aromatic rings. The molecular formula is C32H43F3N4O6. The Hall–Kier alpha value is -4.16. The summed E-state index contributed by atoms with van der Waals surface area (Å²) in [6.07, 6.45) is -3.01. The molecule has 13 heteroatoms. The van der Waals surface area contributed by atoms with Crippen LogP contribution < -0.4 is 25.4 Å². The average Bonchev–Trinajstić information content (AvgIpc) is 3.35. The molecule has 10 nitrogen and oxygen atoms in total. The molecule has 3 amide bonds. The number of primary amides is 1. The number of alkyl halides is 3. The third-order valence-electron chi connectivity index (χ3n) is 7.11. The number of benzene rings is 2. The van der Waals surface area contributed by atoms with E-state index in [2.05, 4.69) is 10.2 Å². The van der Waals surface area contributed by atoms with Crippen LogP contribution >= 0.6 is 0 Å². The second-order valence-corrected chi connectivity index (χ2v) is 12.0.